The molecule has 1 aromatic rings. The smallest absolute Gasteiger partial charge is 0.321 e. The van der Waals surface area contributed by atoms with E-state index in [0.717, 1.165) is 25.9 Å². The van der Waals surface area contributed by atoms with Gasteiger partial charge in [0.2, 0.25) is 5.91 Å². The Hall–Kier alpha value is -1.73. The van der Waals surface area contributed by atoms with E-state index in [1.807, 2.05) is 13.8 Å². The van der Waals surface area contributed by atoms with Gasteiger partial charge < -0.3 is 14.6 Å². The third-order valence-electron chi connectivity index (χ3n) is 3.43. The van der Waals surface area contributed by atoms with Gasteiger partial charge >= 0.3 is 11.9 Å². The second kappa shape index (κ2) is 5.95. The van der Waals surface area contributed by atoms with Gasteiger partial charge in [0, 0.05) is 20.0 Å². The highest BCUT2D eigenvalue weighted by molar-refractivity contribution is 5.84. The summed E-state index contributed by atoms with van der Waals surface area (Å²) in [5.41, 5.74) is 0. The van der Waals surface area contributed by atoms with E-state index in [2.05, 4.69) is 15.5 Å². The molecule has 0 saturated carbocycles. The molecule has 8 heteroatoms. The fourth-order valence-corrected chi connectivity index (χ4v) is 2.24. The van der Waals surface area contributed by atoms with Crippen molar-refractivity contribution in [3.05, 3.63) is 5.89 Å². The van der Waals surface area contributed by atoms with Gasteiger partial charge in [0.15, 0.2) is 0 Å². The highest BCUT2D eigenvalue weighted by Gasteiger charge is 2.34. The minimum Gasteiger partial charge on any atom is -0.402 e. The van der Waals surface area contributed by atoms with Crippen molar-refractivity contribution in [3.8, 4) is 0 Å². The van der Waals surface area contributed by atoms with Crippen LogP contribution in [0, 0.1) is 5.92 Å². The third kappa shape index (κ3) is 3.68. The zero-order valence-corrected chi connectivity index (χ0v) is 12.4. The first-order chi connectivity index (χ1) is 9.79. The lowest BCUT2D eigenvalue weighted by Crippen LogP contribution is -2.44. The maximum Gasteiger partial charge on any atom is 0.321 e. The fourth-order valence-electron chi connectivity index (χ4n) is 2.24. The average Bonchev–Trinajstić information content (AvgIpc) is 3.05. The molecule has 1 atom stereocenters. The highest BCUT2D eigenvalue weighted by Crippen LogP contribution is 2.27. The van der Waals surface area contributed by atoms with Crippen molar-refractivity contribution in [2.24, 2.45) is 5.92 Å². The van der Waals surface area contributed by atoms with E-state index in [1.54, 1.807) is 4.90 Å². The van der Waals surface area contributed by atoms with Gasteiger partial charge in [-0.3, -0.25) is 4.79 Å². The minimum absolute atomic E-state index is 0.0319. The van der Waals surface area contributed by atoms with E-state index < -0.39 is 17.9 Å². The number of carbonyl (C=O) groups is 1. The van der Waals surface area contributed by atoms with Crippen LogP contribution < -0.4 is 5.32 Å². The number of aromatic nitrogens is 2. The van der Waals surface area contributed by atoms with E-state index in [9.17, 15) is 13.6 Å². The van der Waals surface area contributed by atoms with Gasteiger partial charge in [-0.2, -0.15) is 8.78 Å². The molecule has 0 unspecified atom stereocenters. The molecule has 6 nitrogen and oxygen atoms in total. The Balaban J connectivity index is 2.09. The van der Waals surface area contributed by atoms with Crippen molar-refractivity contribution >= 4 is 11.9 Å². The lowest BCUT2D eigenvalue weighted by atomic mass is 10.0. The Bertz CT molecular complexity index is 493. The van der Waals surface area contributed by atoms with Crippen LogP contribution in [0.3, 0.4) is 0 Å². The summed E-state index contributed by atoms with van der Waals surface area (Å²) in [6.45, 7) is 5.88. The maximum atomic E-state index is 13.1. The molecule has 1 aromatic heterocycles. The summed E-state index contributed by atoms with van der Waals surface area (Å²) in [5, 5.41) is 9.62. The summed E-state index contributed by atoms with van der Waals surface area (Å²) in [6.07, 6.45) is 1.98. The van der Waals surface area contributed by atoms with Crippen molar-refractivity contribution in [1.82, 2.24) is 15.1 Å². The molecule has 1 aliphatic heterocycles. The Labute approximate surface area is 121 Å². The summed E-state index contributed by atoms with van der Waals surface area (Å²) in [7, 11) is 0. The van der Waals surface area contributed by atoms with Crippen LogP contribution in [0.1, 0.15) is 39.5 Å². The average molecular weight is 302 g/mol. The largest absolute Gasteiger partial charge is 0.402 e. The van der Waals surface area contributed by atoms with Crippen molar-refractivity contribution < 1.29 is 18.0 Å². The monoisotopic (exact) mass is 302 g/mol. The van der Waals surface area contributed by atoms with Crippen LogP contribution in [0.5, 0.6) is 0 Å². The number of amides is 1. The first-order valence-corrected chi connectivity index (χ1v) is 7.06. The van der Waals surface area contributed by atoms with Gasteiger partial charge in [0.05, 0.1) is 0 Å². The van der Waals surface area contributed by atoms with E-state index in [-0.39, 0.29) is 17.8 Å². The maximum absolute atomic E-state index is 13.1. The van der Waals surface area contributed by atoms with Gasteiger partial charge in [0.1, 0.15) is 6.04 Å². The van der Waals surface area contributed by atoms with Crippen LogP contribution >= 0.6 is 0 Å². The van der Waals surface area contributed by atoms with Gasteiger partial charge in [-0.15, -0.1) is 5.10 Å². The Morgan fingerprint density at radius 1 is 1.33 bits per heavy atom. The normalized spacial score (nSPS) is 17.3. The van der Waals surface area contributed by atoms with Crippen LogP contribution in [0.2, 0.25) is 0 Å². The van der Waals surface area contributed by atoms with Crippen molar-refractivity contribution in [2.75, 3.05) is 18.4 Å². The Morgan fingerprint density at radius 3 is 2.43 bits per heavy atom. The summed E-state index contributed by atoms with van der Waals surface area (Å²) < 4.78 is 31.0. The quantitative estimate of drug-likeness (QED) is 0.903. The number of halogens is 2. The first kappa shape index (κ1) is 15.7. The Kier molecular flexibility index (Phi) is 4.43. The van der Waals surface area contributed by atoms with E-state index in [4.69, 9.17) is 4.42 Å². The van der Waals surface area contributed by atoms with Crippen molar-refractivity contribution in [3.63, 3.8) is 0 Å². The van der Waals surface area contributed by atoms with Crippen LogP contribution in [-0.2, 0) is 10.7 Å². The molecular formula is C13H20F2N4O2. The number of rotatable bonds is 5. The van der Waals surface area contributed by atoms with Crippen LogP contribution in [0.4, 0.5) is 14.8 Å². The molecule has 118 valence electrons. The second-order valence-electron chi connectivity index (χ2n) is 5.70. The number of hydrogen-bond donors (Lipinski definition) is 1. The van der Waals surface area contributed by atoms with E-state index in [1.165, 1.54) is 0 Å². The predicted octanol–water partition coefficient (Wildman–Crippen LogP) is 2.24. The van der Waals surface area contributed by atoms with Gasteiger partial charge in [-0.25, -0.2) is 0 Å². The molecule has 2 heterocycles. The molecule has 1 amide bonds. The molecule has 21 heavy (non-hydrogen) atoms. The van der Waals surface area contributed by atoms with Gasteiger partial charge in [-0.05, 0) is 18.8 Å². The summed E-state index contributed by atoms with van der Waals surface area (Å²) in [5.74, 6) is -4.05. The number of nitrogens with one attached hydrogen (secondary N) is 1. The Morgan fingerprint density at radius 2 is 1.95 bits per heavy atom. The molecule has 0 radical (unpaired) electrons. The van der Waals surface area contributed by atoms with Gasteiger partial charge in [-0.1, -0.05) is 18.9 Å². The molecule has 2 rings (SSSR count). The van der Waals surface area contributed by atoms with E-state index >= 15 is 0 Å². The van der Waals surface area contributed by atoms with Crippen LogP contribution in [0.15, 0.2) is 4.42 Å². The molecule has 1 saturated heterocycles. The first-order valence-electron chi connectivity index (χ1n) is 7.06. The summed E-state index contributed by atoms with van der Waals surface area (Å²) in [4.78, 5) is 14.2. The van der Waals surface area contributed by atoms with Crippen molar-refractivity contribution in [2.45, 2.75) is 45.6 Å². The minimum atomic E-state index is -3.20. The lowest BCUT2D eigenvalue weighted by Gasteiger charge is -2.25. The predicted molar refractivity (Wildman–Crippen MR) is 71.9 cm³/mol. The SMILES string of the molecule is CC(C)[C@H](Nc1nnc(C(C)(F)F)o1)C(=O)N1CCCC1. The number of hydrogen-bond acceptors (Lipinski definition) is 5. The molecule has 0 bridgehead atoms. The molecular weight excluding hydrogens is 282 g/mol. The zero-order valence-electron chi connectivity index (χ0n) is 12.4. The molecule has 1 N–H and O–H groups in total. The third-order valence-corrected chi connectivity index (χ3v) is 3.43. The van der Waals surface area contributed by atoms with Gasteiger partial charge in [0.25, 0.3) is 5.89 Å². The molecule has 0 aliphatic carbocycles. The topological polar surface area (TPSA) is 71.3 Å². The number of likely N-dealkylation sites (tertiary alicyclic amines) is 1. The number of nitrogens with zero attached hydrogens (tertiary/aromatic N) is 3. The number of anilines is 1. The number of carbonyl (C=O) groups excluding carboxylic acids is 1. The molecule has 1 aliphatic rings. The molecule has 0 aromatic carbocycles. The van der Waals surface area contributed by atoms with Crippen LogP contribution in [0.25, 0.3) is 0 Å². The fraction of sp³-hybridized carbons (Fsp3) is 0.769. The highest BCUT2D eigenvalue weighted by atomic mass is 19.3. The zero-order chi connectivity index (χ0) is 15.6. The van der Waals surface area contributed by atoms with E-state index in [0.29, 0.717) is 6.92 Å². The molecule has 1 fully saturated rings. The summed E-state index contributed by atoms with van der Waals surface area (Å²) in [6, 6.07) is -0.723. The van der Waals surface area contributed by atoms with Crippen LogP contribution in [-0.4, -0.2) is 40.1 Å². The number of alkyl halides is 2. The molecule has 0 spiro atoms. The lowest BCUT2D eigenvalue weighted by molar-refractivity contribution is -0.131. The standard InChI is InChI=1S/C13H20F2N4O2/c1-8(2)9(10(20)19-6-4-5-7-19)16-12-18-17-11(21-12)13(3,14)15/h8-9H,4-7H2,1-3H3,(H,16,18)/t9-/m0/s1. The second-order valence-corrected chi connectivity index (χ2v) is 5.70. The summed E-state index contributed by atoms with van der Waals surface area (Å²) >= 11 is 0. The van der Waals surface area contributed by atoms with Crippen molar-refractivity contribution in [1.29, 1.82) is 0 Å².